The molecule has 0 aliphatic heterocycles. The lowest BCUT2D eigenvalue weighted by atomic mass is 10.1. The molecule has 0 bridgehead atoms. The van der Waals surface area contributed by atoms with Gasteiger partial charge in [-0.2, -0.15) is 0 Å². The molecule has 2 rings (SSSR count). The summed E-state index contributed by atoms with van der Waals surface area (Å²) in [6, 6.07) is 6.09. The van der Waals surface area contributed by atoms with Crippen LogP contribution in [-0.2, 0) is 6.54 Å². The number of halogens is 1. The molecule has 0 aliphatic carbocycles. The van der Waals surface area contributed by atoms with Crippen molar-refractivity contribution in [3.8, 4) is 0 Å². The second-order valence-electron chi connectivity index (χ2n) is 3.05. The maximum atomic E-state index is 6.09. The number of hydrogen-bond acceptors (Lipinski definition) is 1. The summed E-state index contributed by atoms with van der Waals surface area (Å²) in [7, 11) is 1.92. The lowest BCUT2D eigenvalue weighted by molar-refractivity contribution is 0.819. The van der Waals surface area contributed by atoms with Crippen LogP contribution in [0.2, 0.25) is 5.02 Å². The van der Waals surface area contributed by atoms with Gasteiger partial charge in [0.2, 0.25) is 0 Å². The van der Waals surface area contributed by atoms with Gasteiger partial charge < -0.3 is 10.3 Å². The Bertz CT molecular complexity index is 420. The van der Waals surface area contributed by atoms with Crippen molar-refractivity contribution in [3.63, 3.8) is 0 Å². The van der Waals surface area contributed by atoms with Crippen LogP contribution >= 0.6 is 11.6 Å². The minimum Gasteiger partial charge on any atom is -0.361 e. The van der Waals surface area contributed by atoms with E-state index in [1.807, 2.05) is 25.4 Å². The maximum absolute atomic E-state index is 6.09. The van der Waals surface area contributed by atoms with E-state index in [9.17, 15) is 0 Å². The fraction of sp³-hybridized carbons (Fsp3) is 0.200. The van der Waals surface area contributed by atoms with E-state index in [0.717, 1.165) is 22.5 Å². The highest BCUT2D eigenvalue weighted by Crippen LogP contribution is 2.24. The number of fused-ring (bicyclic) bond motifs is 1. The highest BCUT2D eigenvalue weighted by atomic mass is 35.5. The van der Waals surface area contributed by atoms with Crippen molar-refractivity contribution in [2.24, 2.45) is 0 Å². The first kappa shape index (κ1) is 8.60. The standard InChI is InChI=1S/C10H11ClN2/c1-12-6-7-4-9(11)8-2-3-13-10(8)5-7/h2-5,12-13H,6H2,1H3. The van der Waals surface area contributed by atoms with Crippen LogP contribution in [0, 0.1) is 0 Å². The number of nitrogens with one attached hydrogen (secondary N) is 2. The predicted octanol–water partition coefficient (Wildman–Crippen LogP) is 2.54. The minimum absolute atomic E-state index is 0.809. The molecule has 13 heavy (non-hydrogen) atoms. The Morgan fingerprint density at radius 1 is 1.46 bits per heavy atom. The molecule has 0 fully saturated rings. The second kappa shape index (κ2) is 3.40. The lowest BCUT2D eigenvalue weighted by Crippen LogP contribution is -2.04. The monoisotopic (exact) mass is 194 g/mol. The zero-order chi connectivity index (χ0) is 9.26. The van der Waals surface area contributed by atoms with Crippen LogP contribution < -0.4 is 5.32 Å². The number of rotatable bonds is 2. The van der Waals surface area contributed by atoms with Crippen LogP contribution in [0.25, 0.3) is 10.9 Å². The Labute approximate surface area is 81.9 Å². The summed E-state index contributed by atoms with van der Waals surface area (Å²) in [6.45, 7) is 0.842. The molecule has 0 unspecified atom stereocenters. The molecule has 1 heterocycles. The van der Waals surface area contributed by atoms with Gasteiger partial charge in [-0.05, 0) is 30.8 Å². The molecule has 2 nitrogen and oxygen atoms in total. The van der Waals surface area contributed by atoms with Crippen molar-refractivity contribution in [1.29, 1.82) is 0 Å². The van der Waals surface area contributed by atoms with Crippen LogP contribution in [0.3, 0.4) is 0 Å². The van der Waals surface area contributed by atoms with Gasteiger partial charge in [0, 0.05) is 23.6 Å². The molecule has 2 aromatic rings. The average molecular weight is 195 g/mol. The molecule has 0 saturated carbocycles. The average Bonchev–Trinajstić information content (AvgIpc) is 2.53. The SMILES string of the molecule is CNCc1cc(Cl)c2cc[nH]c2c1. The molecule has 1 aromatic carbocycles. The van der Waals surface area contributed by atoms with Gasteiger partial charge in [-0.1, -0.05) is 11.6 Å². The molecule has 0 radical (unpaired) electrons. The van der Waals surface area contributed by atoms with Gasteiger partial charge in [0.05, 0.1) is 5.02 Å². The highest BCUT2D eigenvalue weighted by molar-refractivity contribution is 6.35. The second-order valence-corrected chi connectivity index (χ2v) is 3.45. The third-order valence-electron chi connectivity index (χ3n) is 2.06. The van der Waals surface area contributed by atoms with Crippen LogP contribution in [-0.4, -0.2) is 12.0 Å². The Balaban J connectivity index is 2.56. The van der Waals surface area contributed by atoms with E-state index in [1.165, 1.54) is 5.56 Å². The fourth-order valence-corrected chi connectivity index (χ4v) is 1.79. The Kier molecular flexibility index (Phi) is 2.25. The summed E-state index contributed by atoms with van der Waals surface area (Å²) < 4.78 is 0. The van der Waals surface area contributed by atoms with Crippen LogP contribution in [0.5, 0.6) is 0 Å². The first-order valence-electron chi connectivity index (χ1n) is 4.21. The third-order valence-corrected chi connectivity index (χ3v) is 2.37. The molecule has 3 heteroatoms. The molecule has 1 aromatic heterocycles. The van der Waals surface area contributed by atoms with Gasteiger partial charge in [0.1, 0.15) is 0 Å². The first-order valence-corrected chi connectivity index (χ1v) is 4.59. The van der Waals surface area contributed by atoms with E-state index < -0.39 is 0 Å². The molecule has 68 valence electrons. The zero-order valence-corrected chi connectivity index (χ0v) is 8.15. The summed E-state index contributed by atoms with van der Waals surface area (Å²) in [6.07, 6.45) is 1.90. The van der Waals surface area contributed by atoms with Crippen LogP contribution in [0.15, 0.2) is 24.4 Å². The van der Waals surface area contributed by atoms with Gasteiger partial charge in [0.25, 0.3) is 0 Å². The van der Waals surface area contributed by atoms with E-state index in [1.54, 1.807) is 0 Å². The molecule has 0 spiro atoms. The smallest absolute Gasteiger partial charge is 0.0503 e. The van der Waals surface area contributed by atoms with Crippen molar-refractivity contribution in [1.82, 2.24) is 10.3 Å². The van der Waals surface area contributed by atoms with E-state index in [-0.39, 0.29) is 0 Å². The fourth-order valence-electron chi connectivity index (χ4n) is 1.48. The minimum atomic E-state index is 0.809. The number of H-pyrrole nitrogens is 1. The molecular weight excluding hydrogens is 184 g/mol. The van der Waals surface area contributed by atoms with Gasteiger partial charge >= 0.3 is 0 Å². The first-order chi connectivity index (χ1) is 6.31. The molecule has 0 aliphatic rings. The Hall–Kier alpha value is -0.990. The van der Waals surface area contributed by atoms with Gasteiger partial charge in [-0.25, -0.2) is 0 Å². The summed E-state index contributed by atoms with van der Waals surface area (Å²) in [5.41, 5.74) is 2.29. The Morgan fingerprint density at radius 3 is 3.08 bits per heavy atom. The Morgan fingerprint density at radius 2 is 2.31 bits per heavy atom. The van der Waals surface area contributed by atoms with E-state index >= 15 is 0 Å². The number of aromatic amines is 1. The summed E-state index contributed by atoms with van der Waals surface area (Å²) >= 11 is 6.09. The van der Waals surface area contributed by atoms with Crippen molar-refractivity contribution >= 4 is 22.5 Å². The quantitative estimate of drug-likeness (QED) is 0.756. The number of aromatic nitrogens is 1. The highest BCUT2D eigenvalue weighted by Gasteiger charge is 2.01. The zero-order valence-electron chi connectivity index (χ0n) is 7.39. The van der Waals surface area contributed by atoms with Crippen molar-refractivity contribution in [2.45, 2.75) is 6.54 Å². The largest absolute Gasteiger partial charge is 0.361 e. The summed E-state index contributed by atoms with van der Waals surface area (Å²) in [4.78, 5) is 3.15. The van der Waals surface area contributed by atoms with Gasteiger partial charge in [-0.3, -0.25) is 0 Å². The topological polar surface area (TPSA) is 27.8 Å². The van der Waals surface area contributed by atoms with Crippen LogP contribution in [0.1, 0.15) is 5.56 Å². The van der Waals surface area contributed by atoms with Crippen molar-refractivity contribution in [3.05, 3.63) is 35.0 Å². The van der Waals surface area contributed by atoms with Crippen LogP contribution in [0.4, 0.5) is 0 Å². The van der Waals surface area contributed by atoms with Gasteiger partial charge in [0.15, 0.2) is 0 Å². The molecule has 2 N–H and O–H groups in total. The predicted molar refractivity (Wildman–Crippen MR) is 56.1 cm³/mol. The van der Waals surface area contributed by atoms with Gasteiger partial charge in [-0.15, -0.1) is 0 Å². The normalized spacial score (nSPS) is 10.9. The van der Waals surface area contributed by atoms with E-state index in [4.69, 9.17) is 11.6 Å². The maximum Gasteiger partial charge on any atom is 0.0503 e. The molecule has 0 atom stereocenters. The summed E-state index contributed by atoms with van der Waals surface area (Å²) in [5.74, 6) is 0. The van der Waals surface area contributed by atoms with Crippen molar-refractivity contribution in [2.75, 3.05) is 7.05 Å². The number of hydrogen-bond donors (Lipinski definition) is 2. The third kappa shape index (κ3) is 1.55. The molecule has 0 saturated heterocycles. The van der Waals surface area contributed by atoms with E-state index in [0.29, 0.717) is 0 Å². The lowest BCUT2D eigenvalue weighted by Gasteiger charge is -2.01. The number of benzene rings is 1. The molecule has 0 amide bonds. The van der Waals surface area contributed by atoms with Crippen molar-refractivity contribution < 1.29 is 0 Å². The van der Waals surface area contributed by atoms with E-state index in [2.05, 4.69) is 16.4 Å². The summed E-state index contributed by atoms with van der Waals surface area (Å²) in [5, 5.41) is 4.99. The molecular formula is C10H11ClN2.